The highest BCUT2D eigenvalue weighted by Crippen LogP contribution is 2.25. The third kappa shape index (κ3) is 5.84. The second kappa shape index (κ2) is 8.31. The fourth-order valence-corrected chi connectivity index (χ4v) is 3.18. The molecule has 1 amide bonds. The van der Waals surface area contributed by atoms with Crippen molar-refractivity contribution in [1.82, 2.24) is 10.2 Å². The Morgan fingerprint density at radius 3 is 2.61 bits per heavy atom. The summed E-state index contributed by atoms with van der Waals surface area (Å²) < 4.78 is 0. The van der Waals surface area contributed by atoms with Crippen molar-refractivity contribution in [3.63, 3.8) is 0 Å². The summed E-state index contributed by atoms with van der Waals surface area (Å²) in [6.07, 6.45) is 3.16. The van der Waals surface area contributed by atoms with Crippen molar-refractivity contribution in [1.29, 1.82) is 0 Å². The van der Waals surface area contributed by atoms with Gasteiger partial charge in [0.15, 0.2) is 0 Å². The number of amides is 1. The molecule has 1 aromatic carbocycles. The molecule has 5 nitrogen and oxygen atoms in total. The Kier molecular flexibility index (Phi) is 6.42. The summed E-state index contributed by atoms with van der Waals surface area (Å²) in [5.74, 6) is 0.263. The Hall–Kier alpha value is -1.59. The number of aliphatic hydroxyl groups is 1. The molecule has 0 unspecified atom stereocenters. The van der Waals surface area contributed by atoms with Crippen LogP contribution in [0.4, 0.5) is 0 Å². The first-order valence-electron chi connectivity index (χ1n) is 8.43. The summed E-state index contributed by atoms with van der Waals surface area (Å²) >= 11 is 0. The largest absolute Gasteiger partial charge is 0.508 e. The molecule has 0 bridgehead atoms. The van der Waals surface area contributed by atoms with E-state index in [1.807, 2.05) is 26.0 Å². The summed E-state index contributed by atoms with van der Waals surface area (Å²) in [7, 11) is 0. The van der Waals surface area contributed by atoms with Gasteiger partial charge in [-0.05, 0) is 57.2 Å². The Balaban J connectivity index is 2.05. The summed E-state index contributed by atoms with van der Waals surface area (Å²) in [6.45, 7) is 4.87. The van der Waals surface area contributed by atoms with E-state index in [1.54, 1.807) is 12.1 Å². The van der Waals surface area contributed by atoms with Crippen LogP contribution in [0.5, 0.6) is 5.75 Å². The van der Waals surface area contributed by atoms with Gasteiger partial charge in [-0.3, -0.25) is 9.69 Å². The van der Waals surface area contributed by atoms with Gasteiger partial charge in [-0.15, -0.1) is 0 Å². The zero-order valence-electron chi connectivity index (χ0n) is 14.0. The highest BCUT2D eigenvalue weighted by Gasteiger charge is 2.26. The molecule has 0 saturated heterocycles. The van der Waals surface area contributed by atoms with Crippen LogP contribution in [0.2, 0.25) is 0 Å². The van der Waals surface area contributed by atoms with Gasteiger partial charge < -0.3 is 15.5 Å². The molecule has 0 atom stereocenters. The lowest BCUT2D eigenvalue weighted by molar-refractivity contribution is -0.123. The molecule has 1 fully saturated rings. The molecule has 0 heterocycles. The normalized spacial score (nSPS) is 21.6. The molecule has 1 saturated carbocycles. The number of phenolic OH excluding ortho intramolecular Hbond substituents is 1. The van der Waals surface area contributed by atoms with Gasteiger partial charge in [0.25, 0.3) is 0 Å². The average Bonchev–Trinajstić information content (AvgIpc) is 2.46. The number of aliphatic hydroxyl groups excluding tert-OH is 1. The minimum Gasteiger partial charge on any atom is -0.508 e. The fraction of sp³-hybridized carbons (Fsp3) is 0.611. The van der Waals surface area contributed by atoms with Crippen LogP contribution < -0.4 is 5.32 Å². The monoisotopic (exact) mass is 320 g/mol. The van der Waals surface area contributed by atoms with Gasteiger partial charge in [-0.25, -0.2) is 0 Å². The molecule has 128 valence electrons. The van der Waals surface area contributed by atoms with Crippen LogP contribution in [0, 0.1) is 0 Å². The molecule has 0 spiro atoms. The number of carbonyl (C=O) groups excluding carboxylic acids is 1. The van der Waals surface area contributed by atoms with Crippen molar-refractivity contribution in [3.05, 3.63) is 29.8 Å². The van der Waals surface area contributed by atoms with Crippen LogP contribution in [-0.2, 0) is 11.3 Å². The van der Waals surface area contributed by atoms with E-state index >= 15 is 0 Å². The number of benzene rings is 1. The predicted octanol–water partition coefficient (Wildman–Crippen LogP) is 2.02. The second-order valence-electron chi connectivity index (χ2n) is 6.76. The van der Waals surface area contributed by atoms with Gasteiger partial charge in [0.1, 0.15) is 5.75 Å². The predicted molar refractivity (Wildman–Crippen MR) is 90.1 cm³/mol. The van der Waals surface area contributed by atoms with Crippen molar-refractivity contribution in [2.24, 2.45) is 0 Å². The molecule has 23 heavy (non-hydrogen) atoms. The fourth-order valence-electron chi connectivity index (χ4n) is 3.18. The lowest BCUT2D eigenvalue weighted by Gasteiger charge is -2.35. The number of hydrogen-bond donors (Lipinski definition) is 3. The van der Waals surface area contributed by atoms with E-state index in [0.29, 0.717) is 19.1 Å². The maximum atomic E-state index is 12.2. The van der Waals surface area contributed by atoms with Gasteiger partial charge in [-0.2, -0.15) is 0 Å². The molecule has 0 radical (unpaired) electrons. The minimum absolute atomic E-state index is 0.0197. The summed E-state index contributed by atoms with van der Waals surface area (Å²) in [4.78, 5) is 14.3. The number of nitrogens with zero attached hydrogens (tertiary/aromatic N) is 1. The lowest BCUT2D eigenvalue weighted by Crippen LogP contribution is -2.45. The lowest BCUT2D eigenvalue weighted by atomic mass is 9.91. The minimum atomic E-state index is -0.210. The molecule has 3 N–H and O–H groups in total. The SMILES string of the molecule is CC(C)NC(=O)CN(Cc1cccc(O)c1)C1CCC(O)CC1. The van der Waals surface area contributed by atoms with E-state index in [-0.39, 0.29) is 23.8 Å². The molecule has 2 rings (SSSR count). The maximum Gasteiger partial charge on any atom is 0.234 e. The van der Waals surface area contributed by atoms with E-state index in [9.17, 15) is 15.0 Å². The van der Waals surface area contributed by atoms with E-state index in [1.165, 1.54) is 0 Å². The molecule has 0 aliphatic heterocycles. The van der Waals surface area contributed by atoms with Crippen LogP contribution >= 0.6 is 0 Å². The van der Waals surface area contributed by atoms with Crippen molar-refractivity contribution in [2.75, 3.05) is 6.54 Å². The van der Waals surface area contributed by atoms with Crippen molar-refractivity contribution < 1.29 is 15.0 Å². The molecular formula is C18H28N2O3. The molecule has 1 aliphatic rings. The number of carbonyl (C=O) groups is 1. The Morgan fingerprint density at radius 2 is 2.00 bits per heavy atom. The van der Waals surface area contributed by atoms with Crippen molar-refractivity contribution in [3.8, 4) is 5.75 Å². The van der Waals surface area contributed by atoms with Gasteiger partial charge in [0, 0.05) is 18.6 Å². The van der Waals surface area contributed by atoms with E-state index < -0.39 is 0 Å². The highest BCUT2D eigenvalue weighted by atomic mass is 16.3. The van der Waals surface area contributed by atoms with Gasteiger partial charge >= 0.3 is 0 Å². The first kappa shape index (κ1) is 17.8. The molecule has 0 aromatic heterocycles. The number of rotatable bonds is 6. The van der Waals surface area contributed by atoms with Crippen LogP contribution in [-0.4, -0.2) is 45.8 Å². The van der Waals surface area contributed by atoms with Crippen LogP contribution in [0.3, 0.4) is 0 Å². The number of hydrogen-bond acceptors (Lipinski definition) is 4. The third-order valence-corrected chi connectivity index (χ3v) is 4.28. The smallest absolute Gasteiger partial charge is 0.234 e. The average molecular weight is 320 g/mol. The van der Waals surface area contributed by atoms with E-state index in [4.69, 9.17) is 0 Å². The van der Waals surface area contributed by atoms with Gasteiger partial charge in [0.2, 0.25) is 5.91 Å². The first-order valence-corrected chi connectivity index (χ1v) is 8.43. The quantitative estimate of drug-likeness (QED) is 0.750. The molecule has 1 aliphatic carbocycles. The van der Waals surface area contributed by atoms with E-state index in [2.05, 4.69) is 10.2 Å². The summed E-state index contributed by atoms with van der Waals surface area (Å²) in [5, 5.41) is 22.3. The van der Waals surface area contributed by atoms with Gasteiger partial charge in [-0.1, -0.05) is 12.1 Å². The summed E-state index contributed by atoms with van der Waals surface area (Å²) in [5.41, 5.74) is 0.994. The van der Waals surface area contributed by atoms with Crippen LogP contribution in [0.25, 0.3) is 0 Å². The molecule has 5 heteroatoms. The topological polar surface area (TPSA) is 72.8 Å². The highest BCUT2D eigenvalue weighted by molar-refractivity contribution is 5.78. The molecular weight excluding hydrogens is 292 g/mol. The van der Waals surface area contributed by atoms with Crippen LogP contribution in [0.15, 0.2) is 24.3 Å². The van der Waals surface area contributed by atoms with Crippen LogP contribution in [0.1, 0.15) is 45.1 Å². The first-order chi connectivity index (χ1) is 10.9. The maximum absolute atomic E-state index is 12.2. The Bertz CT molecular complexity index is 511. The zero-order valence-corrected chi connectivity index (χ0v) is 14.0. The molecule has 1 aromatic rings. The summed E-state index contributed by atoms with van der Waals surface area (Å²) in [6, 6.07) is 7.59. The third-order valence-electron chi connectivity index (χ3n) is 4.28. The second-order valence-corrected chi connectivity index (χ2v) is 6.76. The van der Waals surface area contributed by atoms with Crippen molar-refractivity contribution in [2.45, 2.75) is 64.3 Å². The Labute approximate surface area is 138 Å². The van der Waals surface area contributed by atoms with Crippen molar-refractivity contribution >= 4 is 5.91 Å². The van der Waals surface area contributed by atoms with Gasteiger partial charge in [0.05, 0.1) is 12.6 Å². The number of phenols is 1. The zero-order chi connectivity index (χ0) is 16.8. The standard InChI is InChI=1S/C18H28N2O3/c1-13(2)19-18(23)12-20(15-6-8-16(21)9-7-15)11-14-4-3-5-17(22)10-14/h3-5,10,13,15-16,21-22H,6-9,11-12H2,1-2H3,(H,19,23). The van der Waals surface area contributed by atoms with E-state index in [0.717, 1.165) is 31.2 Å². The number of aromatic hydroxyl groups is 1. The number of nitrogens with one attached hydrogen (secondary N) is 1. The Morgan fingerprint density at radius 1 is 1.30 bits per heavy atom.